The third-order valence-electron chi connectivity index (χ3n) is 4.51. The van der Waals surface area contributed by atoms with Crippen LogP contribution in [0.5, 0.6) is 0 Å². The molecule has 1 heterocycles. The Labute approximate surface area is 186 Å². The summed E-state index contributed by atoms with van der Waals surface area (Å²) in [6, 6.07) is 1.75. The maximum Gasteiger partial charge on any atom is 0.257 e. The van der Waals surface area contributed by atoms with E-state index in [1.165, 1.54) is 26.1 Å². The summed E-state index contributed by atoms with van der Waals surface area (Å²) in [6.07, 6.45) is 8.35. The molecule has 9 heteroatoms. The molecule has 1 amide bonds. The first-order chi connectivity index (χ1) is 14.9. The second kappa shape index (κ2) is 13.2. The molecule has 166 valence electrons. The molecule has 31 heavy (non-hydrogen) atoms. The second-order valence-electron chi connectivity index (χ2n) is 6.53. The quantitative estimate of drug-likeness (QED) is 0.564. The number of anilines is 1. The molecule has 0 radical (unpaired) electrons. The van der Waals surface area contributed by atoms with Crippen LogP contribution >= 0.6 is 11.6 Å². The first-order valence-electron chi connectivity index (χ1n) is 9.68. The number of hydrogen-bond donors (Lipinski definition) is 2. The third kappa shape index (κ3) is 7.23. The molecule has 0 bridgehead atoms. The summed E-state index contributed by atoms with van der Waals surface area (Å²) in [5, 5.41) is 17.6. The molecule has 1 aliphatic carbocycles. The highest BCUT2D eigenvalue weighted by atomic mass is 35.5. The van der Waals surface area contributed by atoms with Gasteiger partial charge in [-0.05, 0) is 37.1 Å². The molecule has 0 unspecified atom stereocenters. The van der Waals surface area contributed by atoms with E-state index in [-0.39, 0.29) is 22.8 Å². The van der Waals surface area contributed by atoms with Gasteiger partial charge < -0.3 is 10.6 Å². The largest absolute Gasteiger partial charge is 0.355 e. The Morgan fingerprint density at radius 2 is 2.00 bits per heavy atom. The summed E-state index contributed by atoms with van der Waals surface area (Å²) in [5.41, 5.74) is 1.40. The molecule has 0 atom stereocenters. The number of halogens is 2. The number of aromatic nitrogens is 2. The number of rotatable bonds is 8. The highest BCUT2D eigenvalue weighted by molar-refractivity contribution is 6.29. The van der Waals surface area contributed by atoms with Gasteiger partial charge in [0.15, 0.2) is 5.82 Å². The molecule has 1 aromatic heterocycles. The summed E-state index contributed by atoms with van der Waals surface area (Å²) in [7, 11) is 1.53. The Hall–Kier alpha value is -3.18. The van der Waals surface area contributed by atoms with Crippen molar-refractivity contribution in [2.45, 2.75) is 38.6 Å². The number of allylic oxidation sites excluding steroid dienone is 4. The Bertz CT molecular complexity index is 917. The zero-order chi connectivity index (χ0) is 23.4. The van der Waals surface area contributed by atoms with Crippen LogP contribution in [-0.4, -0.2) is 35.2 Å². The van der Waals surface area contributed by atoms with Crippen molar-refractivity contribution in [1.82, 2.24) is 15.1 Å². The van der Waals surface area contributed by atoms with Crippen LogP contribution in [0.2, 0.25) is 0 Å². The summed E-state index contributed by atoms with van der Waals surface area (Å²) in [6.45, 7) is 8.19. The minimum atomic E-state index is -0.776. The summed E-state index contributed by atoms with van der Waals surface area (Å²) >= 11 is 5.69. The van der Waals surface area contributed by atoms with E-state index in [2.05, 4.69) is 28.9 Å². The molecule has 7 nitrogen and oxygen atoms in total. The van der Waals surface area contributed by atoms with Gasteiger partial charge in [-0.1, -0.05) is 24.8 Å². The molecule has 0 spiro atoms. The molecule has 1 saturated carbocycles. The predicted octanol–water partition coefficient (Wildman–Crippen LogP) is 4.67. The van der Waals surface area contributed by atoms with E-state index >= 15 is 0 Å². The van der Waals surface area contributed by atoms with Gasteiger partial charge in [-0.25, -0.2) is 4.39 Å². The smallest absolute Gasteiger partial charge is 0.257 e. The highest BCUT2D eigenvalue weighted by Crippen LogP contribution is 2.32. The van der Waals surface area contributed by atoms with Crippen molar-refractivity contribution in [3.63, 3.8) is 0 Å². The number of carbonyl (C=O) groups is 2. The van der Waals surface area contributed by atoms with E-state index in [1.54, 1.807) is 22.9 Å². The van der Waals surface area contributed by atoms with E-state index < -0.39 is 6.67 Å². The van der Waals surface area contributed by atoms with E-state index in [1.807, 2.05) is 0 Å². The lowest BCUT2D eigenvalue weighted by Gasteiger charge is -2.22. The van der Waals surface area contributed by atoms with Crippen LogP contribution in [-0.2, 0) is 4.79 Å². The van der Waals surface area contributed by atoms with Crippen molar-refractivity contribution in [3.05, 3.63) is 53.4 Å². The summed E-state index contributed by atoms with van der Waals surface area (Å²) in [5.74, 6) is 0.236. The molecule has 1 aromatic rings. The number of hydrogen-bond acceptors (Lipinski definition) is 5. The lowest BCUT2D eigenvalue weighted by atomic mass is 9.94. The van der Waals surface area contributed by atoms with Gasteiger partial charge in [-0.3, -0.25) is 14.3 Å². The average Bonchev–Trinajstić information content (AvgIpc) is 3.14. The van der Waals surface area contributed by atoms with E-state index in [0.717, 1.165) is 0 Å². The zero-order valence-corrected chi connectivity index (χ0v) is 18.5. The van der Waals surface area contributed by atoms with Crippen molar-refractivity contribution in [3.8, 4) is 6.07 Å². The van der Waals surface area contributed by atoms with Gasteiger partial charge >= 0.3 is 0 Å². The fraction of sp³-hybridized carbons (Fsp3) is 0.364. The molecule has 0 aromatic carbocycles. The maximum absolute atomic E-state index is 12.5. The van der Waals surface area contributed by atoms with Crippen molar-refractivity contribution in [2.24, 2.45) is 0 Å². The third-order valence-corrected chi connectivity index (χ3v) is 4.73. The van der Waals surface area contributed by atoms with Crippen molar-refractivity contribution in [1.29, 1.82) is 5.26 Å². The first kappa shape index (κ1) is 25.9. The normalized spacial score (nSPS) is 14.7. The van der Waals surface area contributed by atoms with Crippen molar-refractivity contribution in [2.75, 3.05) is 19.0 Å². The number of nitrogens with one attached hydrogen (secondary N) is 2. The number of amides is 1. The van der Waals surface area contributed by atoms with Crippen molar-refractivity contribution < 1.29 is 14.0 Å². The number of Topliss-reactive ketones (excluding diaryl/α,β-unsaturated/α-hetero) is 1. The number of alkyl halides is 1. The number of carbonyl (C=O) groups excluding carboxylic acids is 2. The SMILES string of the molecule is C=C/C(=C\C=C(\Cl)CF)Nc1nn(C2CCC(=O)CC2)c(C=C)c1C(=O)NC.CC#N. The zero-order valence-electron chi connectivity index (χ0n) is 17.8. The van der Waals surface area contributed by atoms with Crippen LogP contribution in [0.4, 0.5) is 10.2 Å². The van der Waals surface area contributed by atoms with E-state index in [9.17, 15) is 14.0 Å². The topological polar surface area (TPSA) is 99.8 Å². The van der Waals surface area contributed by atoms with E-state index in [0.29, 0.717) is 48.5 Å². The minimum absolute atomic E-state index is 0.00157. The van der Waals surface area contributed by atoms with Crippen LogP contribution in [0, 0.1) is 11.3 Å². The standard InChI is InChI=1S/C20H24ClFN4O2.C2H3N/c1-4-14(7-6-13(21)12-22)24-19-18(20(28)23-3)17(5-2)26(25-19)15-8-10-16(27)11-9-15;1-2-3/h4-7,15H,1-2,8-12H2,3H3,(H,23,28)(H,24,25);1H3/b13-6+,14-7+;. The molecular formula is C22H27ClFN5O2. The number of nitriles is 1. The lowest BCUT2D eigenvalue weighted by molar-refractivity contribution is -0.120. The molecule has 1 fully saturated rings. The van der Waals surface area contributed by atoms with Crippen LogP contribution in [0.15, 0.2) is 42.1 Å². The van der Waals surface area contributed by atoms with Crippen LogP contribution < -0.4 is 10.6 Å². The van der Waals surface area contributed by atoms with Gasteiger partial charge in [0.2, 0.25) is 0 Å². The number of ketones is 1. The molecule has 0 saturated heterocycles. The lowest BCUT2D eigenvalue weighted by Crippen LogP contribution is -2.22. The average molecular weight is 448 g/mol. The highest BCUT2D eigenvalue weighted by Gasteiger charge is 2.28. The van der Waals surface area contributed by atoms with Gasteiger partial charge in [0.25, 0.3) is 5.91 Å². The van der Waals surface area contributed by atoms with Crippen LogP contribution in [0.1, 0.15) is 54.7 Å². The Morgan fingerprint density at radius 1 is 1.39 bits per heavy atom. The van der Waals surface area contributed by atoms with Gasteiger partial charge in [-0.15, -0.1) is 0 Å². The number of nitrogens with zero attached hydrogens (tertiary/aromatic N) is 3. The molecule has 0 aliphatic heterocycles. The fourth-order valence-corrected chi connectivity index (χ4v) is 3.11. The van der Waals surface area contributed by atoms with Crippen LogP contribution in [0.3, 0.4) is 0 Å². The van der Waals surface area contributed by atoms with Crippen LogP contribution in [0.25, 0.3) is 6.08 Å². The molecular weight excluding hydrogens is 421 g/mol. The maximum atomic E-state index is 12.5. The van der Waals surface area contributed by atoms with Gasteiger partial charge in [0.05, 0.1) is 17.8 Å². The molecule has 1 aliphatic rings. The summed E-state index contributed by atoms with van der Waals surface area (Å²) in [4.78, 5) is 24.1. The Kier molecular flexibility index (Phi) is 11.0. The van der Waals surface area contributed by atoms with Gasteiger partial charge in [-0.2, -0.15) is 10.4 Å². The Balaban J connectivity index is 0.00000151. The van der Waals surface area contributed by atoms with Gasteiger partial charge in [0, 0.05) is 37.5 Å². The monoisotopic (exact) mass is 447 g/mol. The fourth-order valence-electron chi connectivity index (χ4n) is 3.05. The Morgan fingerprint density at radius 3 is 2.48 bits per heavy atom. The second-order valence-corrected chi connectivity index (χ2v) is 7.01. The van der Waals surface area contributed by atoms with Crippen molar-refractivity contribution >= 4 is 35.2 Å². The predicted molar refractivity (Wildman–Crippen MR) is 121 cm³/mol. The minimum Gasteiger partial charge on any atom is -0.355 e. The molecule has 2 N–H and O–H groups in total. The first-order valence-corrected chi connectivity index (χ1v) is 10.1. The van der Waals surface area contributed by atoms with E-state index in [4.69, 9.17) is 16.9 Å². The van der Waals surface area contributed by atoms with Gasteiger partial charge in [0.1, 0.15) is 18.0 Å². The summed E-state index contributed by atoms with van der Waals surface area (Å²) < 4.78 is 14.3. The molecule has 2 rings (SSSR count).